The SMILES string of the molecule is CCCCC(CC)C[PH](=O)O.[Co]. The second-order valence-corrected chi connectivity index (χ2v) is 4.21. The van der Waals surface area contributed by atoms with Gasteiger partial charge in [-0.3, -0.25) is 4.57 Å². The molecule has 0 aliphatic heterocycles. The fourth-order valence-electron chi connectivity index (χ4n) is 1.19. The molecule has 0 aromatic heterocycles. The molecule has 0 aliphatic carbocycles. The maximum absolute atomic E-state index is 10.5. The van der Waals surface area contributed by atoms with Gasteiger partial charge in [-0.25, -0.2) is 0 Å². The standard InChI is InChI=1S/C8H19O2P.Co/c1-3-5-6-8(4-2)7-11(9)10;/h8,11H,3-7H2,1-2H3,(H,9,10);. The first-order valence-corrected chi connectivity index (χ1v) is 5.98. The van der Waals surface area contributed by atoms with Crippen LogP contribution in [0.25, 0.3) is 0 Å². The zero-order valence-corrected chi connectivity index (χ0v) is 9.84. The Morgan fingerprint density at radius 2 is 2.00 bits per heavy atom. The van der Waals surface area contributed by atoms with Gasteiger partial charge < -0.3 is 4.89 Å². The molecule has 12 heavy (non-hydrogen) atoms. The van der Waals surface area contributed by atoms with Crippen LogP contribution in [0.3, 0.4) is 0 Å². The Kier molecular flexibility index (Phi) is 12.4. The van der Waals surface area contributed by atoms with Gasteiger partial charge in [0.15, 0.2) is 8.03 Å². The van der Waals surface area contributed by atoms with Gasteiger partial charge in [-0.2, -0.15) is 0 Å². The molecule has 0 spiro atoms. The maximum atomic E-state index is 10.5. The van der Waals surface area contributed by atoms with E-state index in [1.807, 2.05) is 0 Å². The van der Waals surface area contributed by atoms with Crippen molar-refractivity contribution in [1.82, 2.24) is 0 Å². The molecule has 2 atom stereocenters. The molecule has 77 valence electrons. The molecular formula is C8H19CoO2P. The summed E-state index contributed by atoms with van der Waals surface area (Å²) >= 11 is 0. The van der Waals surface area contributed by atoms with Gasteiger partial charge in [0.05, 0.1) is 0 Å². The first-order chi connectivity index (χ1) is 5.20. The molecule has 0 amide bonds. The molecule has 0 aromatic rings. The van der Waals surface area contributed by atoms with Gasteiger partial charge in [-0.05, 0) is 12.3 Å². The molecule has 0 saturated heterocycles. The molecular weight excluding hydrogens is 218 g/mol. The molecule has 2 unspecified atom stereocenters. The van der Waals surface area contributed by atoms with E-state index in [0.29, 0.717) is 12.1 Å². The molecule has 0 bridgehead atoms. The van der Waals surface area contributed by atoms with E-state index in [4.69, 9.17) is 4.89 Å². The Labute approximate surface area is 86.2 Å². The van der Waals surface area contributed by atoms with E-state index in [2.05, 4.69) is 13.8 Å². The number of unbranched alkanes of at least 4 members (excludes halogenated alkanes) is 1. The fraction of sp³-hybridized carbons (Fsp3) is 1.00. The molecule has 0 aromatic carbocycles. The monoisotopic (exact) mass is 237 g/mol. The number of hydrogen-bond donors (Lipinski definition) is 1. The Balaban J connectivity index is 0. The maximum Gasteiger partial charge on any atom is 0.189 e. The summed E-state index contributed by atoms with van der Waals surface area (Å²) < 4.78 is 10.5. The van der Waals surface area contributed by atoms with Crippen LogP contribution < -0.4 is 0 Å². The normalized spacial score (nSPS) is 14.9. The second kappa shape index (κ2) is 9.78. The van der Waals surface area contributed by atoms with Crippen molar-refractivity contribution in [2.24, 2.45) is 5.92 Å². The van der Waals surface area contributed by atoms with Crippen LogP contribution in [-0.4, -0.2) is 11.1 Å². The first kappa shape index (κ1) is 15.2. The van der Waals surface area contributed by atoms with Crippen LogP contribution in [0.4, 0.5) is 0 Å². The molecule has 1 N–H and O–H groups in total. The topological polar surface area (TPSA) is 37.3 Å². The smallest absolute Gasteiger partial charge is 0.189 e. The van der Waals surface area contributed by atoms with E-state index in [1.54, 1.807) is 0 Å². The largest absolute Gasteiger partial charge is 0.346 e. The average Bonchev–Trinajstić information content (AvgIpc) is 1.97. The summed E-state index contributed by atoms with van der Waals surface area (Å²) in [5.41, 5.74) is 0. The summed E-state index contributed by atoms with van der Waals surface area (Å²) in [7, 11) is -2.23. The van der Waals surface area contributed by atoms with Crippen molar-refractivity contribution in [3.63, 3.8) is 0 Å². The van der Waals surface area contributed by atoms with Crippen LogP contribution in [0.1, 0.15) is 39.5 Å². The molecule has 2 nitrogen and oxygen atoms in total. The summed E-state index contributed by atoms with van der Waals surface area (Å²) in [4.78, 5) is 8.70. The first-order valence-electron chi connectivity index (χ1n) is 4.42. The number of hydrogen-bond acceptors (Lipinski definition) is 1. The van der Waals surface area contributed by atoms with Crippen molar-refractivity contribution < 1.29 is 26.2 Å². The van der Waals surface area contributed by atoms with Gasteiger partial charge >= 0.3 is 0 Å². The third-order valence-electron chi connectivity index (χ3n) is 2.01. The minimum Gasteiger partial charge on any atom is -0.346 e. The molecule has 0 saturated carbocycles. The summed E-state index contributed by atoms with van der Waals surface area (Å²) in [5, 5.41) is 0. The predicted octanol–water partition coefficient (Wildman–Crippen LogP) is 2.67. The Morgan fingerprint density at radius 3 is 2.33 bits per heavy atom. The van der Waals surface area contributed by atoms with Crippen molar-refractivity contribution in [3.8, 4) is 0 Å². The summed E-state index contributed by atoms with van der Waals surface area (Å²) in [6.45, 7) is 4.24. The average molecular weight is 237 g/mol. The summed E-state index contributed by atoms with van der Waals surface area (Å²) in [6.07, 6.45) is 5.05. The molecule has 0 rings (SSSR count). The minimum absolute atomic E-state index is 0. The van der Waals surface area contributed by atoms with E-state index in [0.717, 1.165) is 12.8 Å². The van der Waals surface area contributed by atoms with Gasteiger partial charge in [-0.15, -0.1) is 0 Å². The molecule has 0 fully saturated rings. The van der Waals surface area contributed by atoms with Crippen LogP contribution in [0.5, 0.6) is 0 Å². The second-order valence-electron chi connectivity index (χ2n) is 3.01. The van der Waals surface area contributed by atoms with Crippen LogP contribution in [0.2, 0.25) is 0 Å². The van der Waals surface area contributed by atoms with E-state index in [1.165, 1.54) is 12.8 Å². The Hall–Kier alpha value is 0.696. The third kappa shape index (κ3) is 8.79. The van der Waals surface area contributed by atoms with E-state index >= 15 is 0 Å². The van der Waals surface area contributed by atoms with Crippen molar-refractivity contribution in [2.75, 3.05) is 6.16 Å². The van der Waals surface area contributed by atoms with Gasteiger partial charge in [0.1, 0.15) is 0 Å². The molecule has 4 heteroatoms. The van der Waals surface area contributed by atoms with Crippen molar-refractivity contribution in [3.05, 3.63) is 0 Å². The van der Waals surface area contributed by atoms with E-state index in [-0.39, 0.29) is 16.8 Å². The molecule has 1 radical (unpaired) electrons. The summed E-state index contributed by atoms with van der Waals surface area (Å²) in [6, 6.07) is 0. The zero-order valence-electron chi connectivity index (χ0n) is 7.80. The summed E-state index contributed by atoms with van der Waals surface area (Å²) in [5.74, 6) is 0.478. The van der Waals surface area contributed by atoms with Crippen molar-refractivity contribution in [2.45, 2.75) is 39.5 Å². The van der Waals surface area contributed by atoms with Crippen LogP contribution in [0.15, 0.2) is 0 Å². The molecule has 0 aliphatic rings. The molecule has 0 heterocycles. The predicted molar refractivity (Wildman–Crippen MR) is 49.4 cm³/mol. The Morgan fingerprint density at radius 1 is 1.42 bits per heavy atom. The van der Waals surface area contributed by atoms with Crippen molar-refractivity contribution in [1.29, 1.82) is 0 Å². The van der Waals surface area contributed by atoms with E-state index < -0.39 is 8.03 Å². The quantitative estimate of drug-likeness (QED) is 0.721. The Bertz CT molecular complexity index is 120. The fourth-order valence-corrected chi connectivity index (χ4v) is 2.18. The third-order valence-corrected chi connectivity index (χ3v) is 2.93. The van der Waals surface area contributed by atoms with Gasteiger partial charge in [-0.1, -0.05) is 33.1 Å². The zero-order chi connectivity index (χ0) is 8.69. The van der Waals surface area contributed by atoms with E-state index in [9.17, 15) is 4.57 Å². The van der Waals surface area contributed by atoms with Gasteiger partial charge in [0, 0.05) is 22.9 Å². The van der Waals surface area contributed by atoms with Crippen LogP contribution >= 0.6 is 8.03 Å². The van der Waals surface area contributed by atoms with Crippen molar-refractivity contribution >= 4 is 8.03 Å². The minimum atomic E-state index is -2.23. The number of rotatable bonds is 6. The van der Waals surface area contributed by atoms with Gasteiger partial charge in [0.25, 0.3) is 0 Å². The van der Waals surface area contributed by atoms with Gasteiger partial charge in [0.2, 0.25) is 0 Å². The van der Waals surface area contributed by atoms with Crippen LogP contribution in [-0.2, 0) is 21.3 Å². The van der Waals surface area contributed by atoms with Crippen LogP contribution in [0, 0.1) is 5.92 Å².